The highest BCUT2D eigenvalue weighted by Gasteiger charge is 2.39. The van der Waals surface area contributed by atoms with Gasteiger partial charge in [0.15, 0.2) is 9.84 Å². The van der Waals surface area contributed by atoms with Crippen LogP contribution in [0.2, 0.25) is 0 Å². The van der Waals surface area contributed by atoms with E-state index < -0.39 is 9.84 Å². The van der Waals surface area contributed by atoms with Gasteiger partial charge in [-0.05, 0) is 11.8 Å². The monoisotopic (exact) mass is 264 g/mol. The molecular weight excluding hydrogens is 240 g/mol. The fraction of sp³-hybridized carbons (Fsp3) is 1.00. The summed E-state index contributed by atoms with van der Waals surface area (Å²) in [4.78, 5) is 0. The van der Waals surface area contributed by atoms with E-state index in [4.69, 9.17) is 9.47 Å². The Hall–Kier alpha value is -0.130. The van der Waals surface area contributed by atoms with E-state index in [9.17, 15) is 8.42 Å². The number of hydrogen-bond donors (Lipinski definition) is 0. The van der Waals surface area contributed by atoms with Crippen molar-refractivity contribution in [2.24, 2.45) is 11.8 Å². The van der Waals surface area contributed by atoms with E-state index in [1.807, 2.05) is 27.7 Å². The zero-order chi connectivity index (χ0) is 13.1. The molecule has 1 fully saturated rings. The molecule has 1 rings (SSSR count). The van der Waals surface area contributed by atoms with Crippen molar-refractivity contribution in [1.29, 1.82) is 0 Å². The van der Waals surface area contributed by atoms with Crippen molar-refractivity contribution in [3.63, 3.8) is 0 Å². The van der Waals surface area contributed by atoms with Crippen molar-refractivity contribution in [1.82, 2.24) is 0 Å². The fourth-order valence-electron chi connectivity index (χ4n) is 1.73. The molecule has 2 atom stereocenters. The number of ether oxygens (including phenoxy) is 2. The van der Waals surface area contributed by atoms with Crippen LogP contribution in [0.5, 0.6) is 0 Å². The van der Waals surface area contributed by atoms with Crippen molar-refractivity contribution in [2.75, 3.05) is 24.7 Å². The lowest BCUT2D eigenvalue weighted by atomic mass is 10.2. The SMILES string of the molecule is CC(C)COC1CS(=O)(=O)C[C@@H]1OCC(C)C. The summed E-state index contributed by atoms with van der Waals surface area (Å²) < 4.78 is 34.4. The largest absolute Gasteiger partial charge is 0.374 e. The molecule has 1 aliphatic heterocycles. The average Bonchev–Trinajstić information content (AvgIpc) is 2.47. The molecule has 0 amide bonds. The molecule has 0 radical (unpaired) electrons. The summed E-state index contributed by atoms with van der Waals surface area (Å²) in [5.41, 5.74) is 0. The minimum Gasteiger partial charge on any atom is -0.374 e. The fourth-order valence-corrected chi connectivity index (χ4v) is 3.49. The molecule has 4 nitrogen and oxygen atoms in total. The Morgan fingerprint density at radius 1 is 0.941 bits per heavy atom. The van der Waals surface area contributed by atoms with Crippen LogP contribution in [0.4, 0.5) is 0 Å². The summed E-state index contributed by atoms with van der Waals surface area (Å²) in [5, 5.41) is 0. The van der Waals surface area contributed by atoms with Gasteiger partial charge in [-0.25, -0.2) is 8.42 Å². The van der Waals surface area contributed by atoms with E-state index in [0.29, 0.717) is 25.0 Å². The molecular formula is C12H24O4S. The Morgan fingerprint density at radius 2 is 1.29 bits per heavy atom. The van der Waals surface area contributed by atoms with E-state index in [0.717, 1.165) is 0 Å². The molecule has 17 heavy (non-hydrogen) atoms. The second-order valence-electron chi connectivity index (χ2n) is 5.61. The Kier molecular flexibility index (Phi) is 5.41. The van der Waals surface area contributed by atoms with Crippen molar-refractivity contribution in [3.8, 4) is 0 Å². The Bertz CT molecular complexity index is 295. The lowest BCUT2D eigenvalue weighted by Crippen LogP contribution is -2.32. The maximum absolute atomic E-state index is 11.6. The van der Waals surface area contributed by atoms with E-state index in [1.54, 1.807) is 0 Å². The normalized spacial score (nSPS) is 28.1. The molecule has 0 aliphatic carbocycles. The van der Waals surface area contributed by atoms with Crippen LogP contribution >= 0.6 is 0 Å². The molecule has 0 spiro atoms. The van der Waals surface area contributed by atoms with Gasteiger partial charge in [0.2, 0.25) is 0 Å². The first-order chi connectivity index (χ1) is 7.80. The van der Waals surface area contributed by atoms with E-state index in [1.165, 1.54) is 0 Å². The molecule has 1 aliphatic rings. The molecule has 0 bridgehead atoms. The quantitative estimate of drug-likeness (QED) is 0.729. The van der Waals surface area contributed by atoms with Crippen molar-refractivity contribution in [3.05, 3.63) is 0 Å². The number of rotatable bonds is 6. The standard InChI is InChI=1S/C12H24O4S/c1-9(2)5-15-11-7-17(13,14)8-12(11)16-6-10(3)4/h9-12H,5-8H2,1-4H3/t11-,12?/m0/s1. The van der Waals surface area contributed by atoms with Gasteiger partial charge in [0.25, 0.3) is 0 Å². The lowest BCUT2D eigenvalue weighted by molar-refractivity contribution is -0.0592. The highest BCUT2D eigenvalue weighted by Crippen LogP contribution is 2.20. The summed E-state index contributed by atoms with van der Waals surface area (Å²) in [5.74, 6) is 1.01. The molecule has 0 aromatic carbocycles. The molecule has 0 N–H and O–H groups in total. The smallest absolute Gasteiger partial charge is 0.155 e. The lowest BCUT2D eigenvalue weighted by Gasteiger charge is -2.21. The summed E-state index contributed by atoms with van der Waals surface area (Å²) in [6, 6.07) is 0. The van der Waals surface area contributed by atoms with E-state index in [-0.39, 0.29) is 23.7 Å². The Morgan fingerprint density at radius 3 is 1.59 bits per heavy atom. The first-order valence-corrected chi connectivity index (χ1v) is 8.06. The maximum atomic E-state index is 11.6. The number of hydrogen-bond acceptors (Lipinski definition) is 4. The van der Waals surface area contributed by atoms with Gasteiger partial charge in [-0.15, -0.1) is 0 Å². The average molecular weight is 264 g/mol. The minimum atomic E-state index is -2.99. The Balaban J connectivity index is 2.52. The molecule has 0 saturated carbocycles. The number of sulfone groups is 1. The van der Waals surface area contributed by atoms with Gasteiger partial charge in [-0.3, -0.25) is 0 Å². The summed E-state index contributed by atoms with van der Waals surface area (Å²) >= 11 is 0. The van der Waals surface area contributed by atoms with Gasteiger partial charge in [0, 0.05) is 13.2 Å². The predicted octanol–water partition coefficient (Wildman–Crippen LogP) is 1.50. The zero-order valence-corrected chi connectivity index (χ0v) is 12.0. The third-order valence-electron chi connectivity index (χ3n) is 2.54. The zero-order valence-electron chi connectivity index (χ0n) is 11.2. The third-order valence-corrected chi connectivity index (χ3v) is 4.21. The van der Waals surface area contributed by atoms with Crippen molar-refractivity contribution >= 4 is 9.84 Å². The minimum absolute atomic E-state index is 0.0997. The van der Waals surface area contributed by atoms with E-state index in [2.05, 4.69) is 0 Å². The molecule has 1 unspecified atom stereocenters. The molecule has 0 aromatic rings. The van der Waals surface area contributed by atoms with Crippen LogP contribution in [0.15, 0.2) is 0 Å². The maximum Gasteiger partial charge on any atom is 0.155 e. The second-order valence-corrected chi connectivity index (χ2v) is 7.76. The van der Waals surface area contributed by atoms with Gasteiger partial charge < -0.3 is 9.47 Å². The molecule has 0 aromatic heterocycles. The third kappa shape index (κ3) is 5.36. The van der Waals surface area contributed by atoms with Crippen molar-refractivity contribution in [2.45, 2.75) is 39.9 Å². The van der Waals surface area contributed by atoms with Crippen LogP contribution in [0.1, 0.15) is 27.7 Å². The van der Waals surface area contributed by atoms with Gasteiger partial charge in [-0.1, -0.05) is 27.7 Å². The van der Waals surface area contributed by atoms with Crippen LogP contribution in [-0.2, 0) is 19.3 Å². The van der Waals surface area contributed by atoms with Crippen LogP contribution in [0.3, 0.4) is 0 Å². The van der Waals surface area contributed by atoms with Crippen molar-refractivity contribution < 1.29 is 17.9 Å². The second kappa shape index (κ2) is 6.16. The summed E-state index contributed by atoms with van der Waals surface area (Å²) in [6.07, 6.45) is -0.581. The molecule has 1 heterocycles. The molecule has 5 heteroatoms. The van der Waals surface area contributed by atoms with Gasteiger partial charge in [0.05, 0.1) is 23.7 Å². The van der Waals surface area contributed by atoms with Crippen LogP contribution in [-0.4, -0.2) is 45.3 Å². The Labute approximate surface area is 105 Å². The van der Waals surface area contributed by atoms with Crippen LogP contribution in [0, 0.1) is 11.8 Å². The molecule has 1 saturated heterocycles. The van der Waals surface area contributed by atoms with Crippen LogP contribution in [0.25, 0.3) is 0 Å². The van der Waals surface area contributed by atoms with E-state index >= 15 is 0 Å². The predicted molar refractivity (Wildman–Crippen MR) is 67.8 cm³/mol. The first kappa shape index (κ1) is 14.9. The highest BCUT2D eigenvalue weighted by atomic mass is 32.2. The molecule has 102 valence electrons. The highest BCUT2D eigenvalue weighted by molar-refractivity contribution is 7.91. The summed E-state index contributed by atoms with van der Waals surface area (Å²) in [7, 11) is -2.99. The van der Waals surface area contributed by atoms with Gasteiger partial charge in [0.1, 0.15) is 0 Å². The van der Waals surface area contributed by atoms with Gasteiger partial charge >= 0.3 is 0 Å². The van der Waals surface area contributed by atoms with Crippen LogP contribution < -0.4 is 0 Å². The van der Waals surface area contributed by atoms with Gasteiger partial charge in [-0.2, -0.15) is 0 Å². The topological polar surface area (TPSA) is 52.6 Å². The summed E-state index contributed by atoms with van der Waals surface area (Å²) in [6.45, 7) is 9.37. The first-order valence-electron chi connectivity index (χ1n) is 6.24.